The average Bonchev–Trinajstić information content (AvgIpc) is 2.64. The molecule has 3 nitrogen and oxygen atoms in total. The normalized spacial score (nSPS) is 10.3. The molecule has 3 aromatic carbocycles. The van der Waals surface area contributed by atoms with Crippen molar-refractivity contribution in [1.29, 1.82) is 0 Å². The Morgan fingerprint density at radius 3 is 2.24 bits per heavy atom. The molecule has 0 atom stereocenters. The molecule has 0 aliphatic carbocycles. The molecule has 126 valence electrons. The summed E-state index contributed by atoms with van der Waals surface area (Å²) < 4.78 is 10.9. The highest BCUT2D eigenvalue weighted by Gasteiger charge is 2.08. The number of hydrogen-bond acceptors (Lipinski definition) is 3. The van der Waals surface area contributed by atoms with Gasteiger partial charge in [-0.25, -0.2) is 4.79 Å². The summed E-state index contributed by atoms with van der Waals surface area (Å²) in [5.74, 6) is 0.791. The molecule has 0 saturated heterocycles. The van der Waals surface area contributed by atoms with E-state index in [0.29, 0.717) is 11.5 Å². The summed E-state index contributed by atoms with van der Waals surface area (Å²) in [5.41, 5.74) is 4.28. The maximum atomic E-state index is 12.0. The summed E-state index contributed by atoms with van der Waals surface area (Å²) in [6.07, 6.45) is 0. The molecular formula is C22H20O3. The molecule has 0 amide bonds. The maximum Gasteiger partial charge on any atom is 0.349 e. The average molecular weight is 332 g/mol. The molecule has 0 aromatic heterocycles. The minimum absolute atomic E-state index is 0.120. The number of esters is 1. The van der Waals surface area contributed by atoms with Gasteiger partial charge in [0.1, 0.15) is 11.5 Å². The van der Waals surface area contributed by atoms with E-state index in [9.17, 15) is 4.79 Å². The van der Waals surface area contributed by atoms with Crippen molar-refractivity contribution in [3.63, 3.8) is 0 Å². The van der Waals surface area contributed by atoms with Crippen LogP contribution in [0.15, 0.2) is 72.8 Å². The third-order valence-corrected chi connectivity index (χ3v) is 3.88. The predicted molar refractivity (Wildman–Crippen MR) is 98.9 cm³/mol. The van der Waals surface area contributed by atoms with Gasteiger partial charge < -0.3 is 9.47 Å². The van der Waals surface area contributed by atoms with Crippen LogP contribution in [0, 0.1) is 13.8 Å². The molecule has 0 radical (unpaired) electrons. The first-order valence-electron chi connectivity index (χ1n) is 8.18. The Morgan fingerprint density at radius 2 is 1.52 bits per heavy atom. The third-order valence-electron chi connectivity index (χ3n) is 3.88. The van der Waals surface area contributed by atoms with Crippen molar-refractivity contribution >= 4 is 5.97 Å². The zero-order valence-corrected chi connectivity index (χ0v) is 14.4. The van der Waals surface area contributed by atoms with E-state index in [4.69, 9.17) is 9.47 Å². The number of ether oxygens (including phenoxy) is 2. The first-order valence-corrected chi connectivity index (χ1v) is 8.18. The van der Waals surface area contributed by atoms with Gasteiger partial charge in [0, 0.05) is 0 Å². The molecular weight excluding hydrogens is 312 g/mol. The molecule has 0 unspecified atom stereocenters. The van der Waals surface area contributed by atoms with Crippen LogP contribution in [0.5, 0.6) is 11.5 Å². The maximum absolute atomic E-state index is 12.0. The quantitative estimate of drug-likeness (QED) is 0.489. The summed E-state index contributed by atoms with van der Waals surface area (Å²) in [6.45, 7) is 3.81. The van der Waals surface area contributed by atoms with Gasteiger partial charge in [-0.3, -0.25) is 0 Å². The van der Waals surface area contributed by atoms with Crippen LogP contribution in [0.2, 0.25) is 0 Å². The molecule has 0 saturated carbocycles. The van der Waals surface area contributed by atoms with Crippen LogP contribution in [0.3, 0.4) is 0 Å². The highest BCUT2D eigenvalue weighted by Crippen LogP contribution is 2.22. The summed E-state index contributed by atoms with van der Waals surface area (Å²) in [7, 11) is 0. The van der Waals surface area contributed by atoms with Gasteiger partial charge in [-0.2, -0.15) is 0 Å². The molecule has 3 aromatic rings. The number of aryl methyl sites for hydroxylation is 2. The lowest BCUT2D eigenvalue weighted by atomic mass is 10.1. The van der Waals surface area contributed by atoms with Gasteiger partial charge in [0.25, 0.3) is 0 Å². The summed E-state index contributed by atoms with van der Waals surface area (Å²) in [6, 6.07) is 23.4. The van der Waals surface area contributed by atoms with Crippen molar-refractivity contribution < 1.29 is 14.3 Å². The van der Waals surface area contributed by atoms with Gasteiger partial charge >= 0.3 is 5.97 Å². The van der Waals surface area contributed by atoms with Crippen LogP contribution in [-0.4, -0.2) is 12.6 Å². The molecule has 0 bridgehead atoms. The Kier molecular flexibility index (Phi) is 5.14. The van der Waals surface area contributed by atoms with Crippen molar-refractivity contribution in [2.24, 2.45) is 0 Å². The first kappa shape index (κ1) is 16.8. The summed E-state index contributed by atoms with van der Waals surface area (Å²) in [4.78, 5) is 12.0. The third kappa shape index (κ3) is 4.48. The van der Waals surface area contributed by atoms with Gasteiger partial charge in [-0.1, -0.05) is 54.6 Å². The van der Waals surface area contributed by atoms with E-state index < -0.39 is 5.97 Å². The second kappa shape index (κ2) is 7.67. The fourth-order valence-corrected chi connectivity index (χ4v) is 2.51. The highest BCUT2D eigenvalue weighted by atomic mass is 16.6. The molecule has 0 spiro atoms. The smallest absolute Gasteiger partial charge is 0.349 e. The number of carbonyl (C=O) groups excluding carboxylic acids is 1. The molecule has 0 aliphatic rings. The van der Waals surface area contributed by atoms with Crippen molar-refractivity contribution in [2.75, 3.05) is 6.61 Å². The molecule has 0 fully saturated rings. The molecule has 25 heavy (non-hydrogen) atoms. The minimum atomic E-state index is -0.423. The van der Waals surface area contributed by atoms with Crippen LogP contribution in [0.25, 0.3) is 11.1 Å². The van der Waals surface area contributed by atoms with E-state index in [2.05, 4.69) is 0 Å². The lowest BCUT2D eigenvalue weighted by Gasteiger charge is -2.10. The zero-order chi connectivity index (χ0) is 17.6. The van der Waals surface area contributed by atoms with E-state index in [0.717, 1.165) is 22.3 Å². The monoisotopic (exact) mass is 332 g/mol. The topological polar surface area (TPSA) is 35.5 Å². The number of hydrogen-bond donors (Lipinski definition) is 0. The van der Waals surface area contributed by atoms with E-state index >= 15 is 0 Å². The second-order valence-corrected chi connectivity index (χ2v) is 5.92. The minimum Gasteiger partial charge on any atom is -0.482 e. The van der Waals surface area contributed by atoms with E-state index in [1.165, 1.54) is 0 Å². The molecule has 3 rings (SSSR count). The van der Waals surface area contributed by atoms with Crippen LogP contribution < -0.4 is 9.47 Å². The van der Waals surface area contributed by atoms with Crippen molar-refractivity contribution in [3.8, 4) is 22.6 Å². The summed E-state index contributed by atoms with van der Waals surface area (Å²) in [5, 5.41) is 0. The number of benzene rings is 3. The van der Waals surface area contributed by atoms with Gasteiger partial charge in [0.05, 0.1) is 0 Å². The fraction of sp³-hybridized carbons (Fsp3) is 0.136. The molecule has 3 heteroatoms. The SMILES string of the molecule is Cc1ccc(C)c(OCC(=O)Oc2ccc(-c3ccccc3)cc2)c1. The zero-order valence-electron chi connectivity index (χ0n) is 14.4. The van der Waals surface area contributed by atoms with Gasteiger partial charge in [-0.05, 0) is 54.3 Å². The standard InChI is InChI=1S/C22H20O3/c1-16-8-9-17(2)21(14-16)24-15-22(23)25-20-12-10-19(11-13-20)18-6-4-3-5-7-18/h3-14H,15H2,1-2H3. The largest absolute Gasteiger partial charge is 0.482 e. The van der Waals surface area contributed by atoms with Crippen LogP contribution in [0.1, 0.15) is 11.1 Å². The first-order chi connectivity index (χ1) is 12.1. The lowest BCUT2D eigenvalue weighted by molar-refractivity contribution is -0.136. The van der Waals surface area contributed by atoms with Crippen LogP contribution in [0.4, 0.5) is 0 Å². The fourth-order valence-electron chi connectivity index (χ4n) is 2.51. The Hall–Kier alpha value is -3.07. The van der Waals surface area contributed by atoms with Gasteiger partial charge in [0.15, 0.2) is 6.61 Å². The molecule has 0 aliphatic heterocycles. The Bertz CT molecular complexity index is 852. The second-order valence-electron chi connectivity index (χ2n) is 5.92. The molecule has 0 N–H and O–H groups in total. The number of rotatable bonds is 5. The molecule has 0 heterocycles. The predicted octanol–water partition coefficient (Wildman–Crippen LogP) is 4.95. The van der Waals surface area contributed by atoms with Gasteiger partial charge in [0.2, 0.25) is 0 Å². The highest BCUT2D eigenvalue weighted by molar-refractivity contribution is 5.74. The van der Waals surface area contributed by atoms with E-state index in [-0.39, 0.29) is 6.61 Å². The Morgan fingerprint density at radius 1 is 0.840 bits per heavy atom. The van der Waals surface area contributed by atoms with Crippen molar-refractivity contribution in [3.05, 3.63) is 83.9 Å². The van der Waals surface area contributed by atoms with Crippen molar-refractivity contribution in [1.82, 2.24) is 0 Å². The van der Waals surface area contributed by atoms with Crippen molar-refractivity contribution in [2.45, 2.75) is 13.8 Å². The summed E-state index contributed by atoms with van der Waals surface area (Å²) >= 11 is 0. The van der Waals surface area contributed by atoms with E-state index in [1.54, 1.807) is 12.1 Å². The van der Waals surface area contributed by atoms with Crippen LogP contribution in [-0.2, 0) is 4.79 Å². The Balaban J connectivity index is 1.59. The van der Waals surface area contributed by atoms with Gasteiger partial charge in [-0.15, -0.1) is 0 Å². The lowest BCUT2D eigenvalue weighted by Crippen LogP contribution is -2.18. The Labute approximate surface area is 147 Å². The number of carbonyl (C=O) groups is 1. The van der Waals surface area contributed by atoms with Crippen LogP contribution >= 0.6 is 0 Å². The van der Waals surface area contributed by atoms with E-state index in [1.807, 2.05) is 74.5 Å².